The highest BCUT2D eigenvalue weighted by molar-refractivity contribution is 5.92. The van der Waals surface area contributed by atoms with Gasteiger partial charge in [0.2, 0.25) is 0 Å². The first-order chi connectivity index (χ1) is 10.3. The lowest BCUT2D eigenvalue weighted by molar-refractivity contribution is 0.246. The second-order valence-corrected chi connectivity index (χ2v) is 5.38. The number of nitrogens with zero attached hydrogens (tertiary/aromatic N) is 1. The molecule has 2 aromatic carbocycles. The number of hydrogen-bond donors (Lipinski definition) is 1. The number of carbonyl (C=O) groups excluding carboxylic acids is 1. The van der Waals surface area contributed by atoms with E-state index >= 15 is 0 Å². The second-order valence-electron chi connectivity index (χ2n) is 5.38. The van der Waals surface area contributed by atoms with Crippen LogP contribution in [0.1, 0.15) is 24.0 Å². The van der Waals surface area contributed by atoms with Gasteiger partial charge in [-0.1, -0.05) is 48.5 Å². The van der Waals surface area contributed by atoms with Gasteiger partial charge in [-0.05, 0) is 36.5 Å². The number of amides is 2. The van der Waals surface area contributed by atoms with E-state index in [-0.39, 0.29) is 6.03 Å². The SMILES string of the molecule is O=C(NCc1ccccc1)N1CCCCc2ccccc21. The average molecular weight is 280 g/mol. The summed E-state index contributed by atoms with van der Waals surface area (Å²) in [5.41, 5.74) is 3.44. The van der Waals surface area contributed by atoms with E-state index < -0.39 is 0 Å². The lowest BCUT2D eigenvalue weighted by atomic mass is 10.1. The molecule has 1 heterocycles. The van der Waals surface area contributed by atoms with Crippen molar-refractivity contribution in [2.24, 2.45) is 0 Å². The van der Waals surface area contributed by atoms with Gasteiger partial charge in [-0.2, -0.15) is 0 Å². The third kappa shape index (κ3) is 3.24. The summed E-state index contributed by atoms with van der Waals surface area (Å²) in [6.45, 7) is 1.36. The molecule has 0 saturated carbocycles. The van der Waals surface area contributed by atoms with Gasteiger partial charge in [0.1, 0.15) is 0 Å². The quantitative estimate of drug-likeness (QED) is 0.893. The van der Waals surface area contributed by atoms with E-state index in [1.54, 1.807) is 0 Å². The highest BCUT2D eigenvalue weighted by atomic mass is 16.2. The fourth-order valence-corrected chi connectivity index (χ4v) is 2.77. The zero-order valence-corrected chi connectivity index (χ0v) is 12.1. The van der Waals surface area contributed by atoms with Crippen molar-refractivity contribution in [1.29, 1.82) is 0 Å². The van der Waals surface area contributed by atoms with Crippen molar-refractivity contribution in [3.63, 3.8) is 0 Å². The molecule has 0 unspecified atom stereocenters. The Morgan fingerprint density at radius 3 is 2.62 bits per heavy atom. The van der Waals surface area contributed by atoms with Crippen LogP contribution in [0.5, 0.6) is 0 Å². The Labute approximate surface area is 125 Å². The minimum atomic E-state index is -0.00629. The lowest BCUT2D eigenvalue weighted by Crippen LogP contribution is -2.40. The summed E-state index contributed by atoms with van der Waals surface area (Å²) in [6.07, 6.45) is 3.24. The molecule has 0 bridgehead atoms. The highest BCUT2D eigenvalue weighted by Gasteiger charge is 2.20. The summed E-state index contributed by atoms with van der Waals surface area (Å²) >= 11 is 0. The number of nitrogens with one attached hydrogen (secondary N) is 1. The van der Waals surface area contributed by atoms with Crippen LogP contribution in [0.15, 0.2) is 54.6 Å². The zero-order chi connectivity index (χ0) is 14.5. The van der Waals surface area contributed by atoms with Gasteiger partial charge in [-0.25, -0.2) is 4.79 Å². The topological polar surface area (TPSA) is 32.3 Å². The Morgan fingerprint density at radius 1 is 1.00 bits per heavy atom. The normalized spacial score (nSPS) is 14.2. The van der Waals surface area contributed by atoms with Gasteiger partial charge in [-0.3, -0.25) is 4.90 Å². The van der Waals surface area contributed by atoms with Crippen LogP contribution < -0.4 is 10.2 Å². The van der Waals surface area contributed by atoms with Crippen molar-refractivity contribution in [2.75, 3.05) is 11.4 Å². The Kier molecular flexibility index (Phi) is 4.20. The van der Waals surface area contributed by atoms with Crippen molar-refractivity contribution < 1.29 is 4.79 Å². The van der Waals surface area contributed by atoms with Crippen molar-refractivity contribution in [3.05, 3.63) is 65.7 Å². The number of benzene rings is 2. The smallest absolute Gasteiger partial charge is 0.322 e. The van der Waals surface area contributed by atoms with E-state index in [4.69, 9.17) is 0 Å². The molecule has 3 rings (SSSR count). The summed E-state index contributed by atoms with van der Waals surface area (Å²) in [6, 6.07) is 18.2. The third-order valence-electron chi connectivity index (χ3n) is 3.89. The van der Waals surface area contributed by atoms with Crippen LogP contribution in [0.2, 0.25) is 0 Å². The van der Waals surface area contributed by atoms with E-state index in [0.29, 0.717) is 6.54 Å². The number of hydrogen-bond acceptors (Lipinski definition) is 1. The fourth-order valence-electron chi connectivity index (χ4n) is 2.77. The monoisotopic (exact) mass is 280 g/mol. The summed E-state index contributed by atoms with van der Waals surface area (Å²) in [4.78, 5) is 14.4. The molecule has 0 aromatic heterocycles. The fraction of sp³-hybridized carbons (Fsp3) is 0.278. The molecule has 1 aliphatic heterocycles. The molecular formula is C18H20N2O. The average Bonchev–Trinajstić information content (AvgIpc) is 2.76. The molecule has 3 nitrogen and oxygen atoms in total. The van der Waals surface area contributed by atoms with Crippen molar-refractivity contribution >= 4 is 11.7 Å². The summed E-state index contributed by atoms with van der Waals surface area (Å²) in [5, 5.41) is 3.02. The summed E-state index contributed by atoms with van der Waals surface area (Å²) in [5.74, 6) is 0. The number of carbonyl (C=O) groups is 1. The number of urea groups is 1. The number of rotatable bonds is 2. The van der Waals surface area contributed by atoms with E-state index in [1.807, 2.05) is 53.4 Å². The number of fused-ring (bicyclic) bond motifs is 1. The number of anilines is 1. The standard InChI is InChI=1S/C18H20N2O/c21-18(19-14-15-8-2-1-3-9-15)20-13-7-6-11-16-10-4-5-12-17(16)20/h1-5,8-10,12H,6-7,11,13-14H2,(H,19,21). The van der Waals surface area contributed by atoms with Gasteiger partial charge in [0, 0.05) is 18.8 Å². The van der Waals surface area contributed by atoms with Crippen LogP contribution in [0.3, 0.4) is 0 Å². The first-order valence-corrected chi connectivity index (χ1v) is 7.52. The first-order valence-electron chi connectivity index (χ1n) is 7.52. The highest BCUT2D eigenvalue weighted by Crippen LogP contribution is 2.26. The van der Waals surface area contributed by atoms with Crippen molar-refractivity contribution in [2.45, 2.75) is 25.8 Å². The van der Waals surface area contributed by atoms with E-state index in [9.17, 15) is 4.79 Å². The molecule has 0 atom stereocenters. The van der Waals surface area contributed by atoms with Crippen LogP contribution in [-0.2, 0) is 13.0 Å². The predicted molar refractivity (Wildman–Crippen MR) is 85.4 cm³/mol. The molecule has 1 N–H and O–H groups in total. The van der Waals surface area contributed by atoms with Crippen LogP contribution in [0.4, 0.5) is 10.5 Å². The lowest BCUT2D eigenvalue weighted by Gasteiger charge is -2.23. The van der Waals surface area contributed by atoms with Crippen LogP contribution in [0, 0.1) is 0 Å². The molecule has 0 radical (unpaired) electrons. The molecule has 2 amide bonds. The maximum atomic E-state index is 12.5. The van der Waals surface area contributed by atoms with Gasteiger partial charge >= 0.3 is 6.03 Å². The van der Waals surface area contributed by atoms with Crippen LogP contribution >= 0.6 is 0 Å². The Morgan fingerprint density at radius 2 is 1.76 bits per heavy atom. The molecule has 0 spiro atoms. The molecule has 0 saturated heterocycles. The van der Waals surface area contributed by atoms with Crippen LogP contribution in [-0.4, -0.2) is 12.6 Å². The first kappa shape index (κ1) is 13.7. The number of aryl methyl sites for hydroxylation is 1. The summed E-state index contributed by atoms with van der Waals surface area (Å²) in [7, 11) is 0. The van der Waals surface area contributed by atoms with Gasteiger partial charge in [0.05, 0.1) is 0 Å². The van der Waals surface area contributed by atoms with E-state index in [2.05, 4.69) is 11.4 Å². The molecule has 3 heteroatoms. The maximum Gasteiger partial charge on any atom is 0.322 e. The second kappa shape index (κ2) is 6.44. The van der Waals surface area contributed by atoms with E-state index in [0.717, 1.165) is 37.1 Å². The third-order valence-corrected chi connectivity index (χ3v) is 3.89. The van der Waals surface area contributed by atoms with Gasteiger partial charge in [0.15, 0.2) is 0 Å². The Balaban J connectivity index is 1.72. The Bertz CT molecular complexity index is 610. The number of para-hydroxylation sites is 1. The molecule has 21 heavy (non-hydrogen) atoms. The van der Waals surface area contributed by atoms with Crippen LogP contribution in [0.25, 0.3) is 0 Å². The predicted octanol–water partition coefficient (Wildman–Crippen LogP) is 3.74. The van der Waals surface area contributed by atoms with Crippen molar-refractivity contribution in [3.8, 4) is 0 Å². The molecule has 2 aromatic rings. The van der Waals surface area contributed by atoms with Gasteiger partial charge < -0.3 is 5.32 Å². The maximum absolute atomic E-state index is 12.5. The largest absolute Gasteiger partial charge is 0.334 e. The molecule has 1 aliphatic rings. The Hall–Kier alpha value is -2.29. The molecule has 0 fully saturated rings. The van der Waals surface area contributed by atoms with Crippen molar-refractivity contribution in [1.82, 2.24) is 5.32 Å². The minimum Gasteiger partial charge on any atom is -0.334 e. The molecular weight excluding hydrogens is 260 g/mol. The zero-order valence-electron chi connectivity index (χ0n) is 12.1. The molecule has 108 valence electrons. The minimum absolute atomic E-state index is 0.00629. The van der Waals surface area contributed by atoms with Gasteiger partial charge in [0.25, 0.3) is 0 Å². The summed E-state index contributed by atoms with van der Waals surface area (Å²) < 4.78 is 0. The van der Waals surface area contributed by atoms with E-state index in [1.165, 1.54) is 5.56 Å². The molecule has 0 aliphatic carbocycles. The van der Waals surface area contributed by atoms with Gasteiger partial charge in [-0.15, -0.1) is 0 Å².